The number of aromatic amines is 1. The van der Waals surface area contributed by atoms with Gasteiger partial charge in [0.1, 0.15) is 0 Å². The second kappa shape index (κ2) is 8.31. The summed E-state index contributed by atoms with van der Waals surface area (Å²) in [5.41, 5.74) is 1.59. The number of carbonyl (C=O) groups excluding carboxylic acids is 1. The minimum absolute atomic E-state index is 0.0692. The van der Waals surface area contributed by atoms with Gasteiger partial charge in [0.25, 0.3) is 5.91 Å². The third-order valence-electron chi connectivity index (χ3n) is 4.21. The number of hydrogen-bond donors (Lipinski definition) is 1. The Kier molecular flexibility index (Phi) is 6.37. The van der Waals surface area contributed by atoms with Crippen molar-refractivity contribution in [1.29, 1.82) is 0 Å². The molecule has 0 aliphatic rings. The van der Waals surface area contributed by atoms with Crippen molar-refractivity contribution in [2.45, 2.75) is 32.1 Å². The standard InChI is InChI=1S/C19H24N2O4S/c1-4-16-12-15(13-18(22)20-16)19(23)21(5-2)10-11-26(24,25)17-8-6-14(3)7-9-17/h6-9,12-13H,4-5,10-11H2,1-3H3,(H,20,22). The molecule has 2 aromatic rings. The molecular formula is C19H24N2O4S. The summed E-state index contributed by atoms with van der Waals surface area (Å²) in [6.45, 7) is 5.98. The van der Waals surface area contributed by atoms with E-state index in [1.165, 1.54) is 11.0 Å². The highest BCUT2D eigenvalue weighted by Gasteiger charge is 2.20. The number of sulfone groups is 1. The Labute approximate surface area is 153 Å². The summed E-state index contributed by atoms with van der Waals surface area (Å²) in [7, 11) is -3.48. The maximum Gasteiger partial charge on any atom is 0.254 e. The molecule has 0 spiro atoms. The van der Waals surface area contributed by atoms with Gasteiger partial charge in [-0.2, -0.15) is 0 Å². The largest absolute Gasteiger partial charge is 0.338 e. The zero-order valence-corrected chi connectivity index (χ0v) is 16.1. The molecule has 0 fully saturated rings. The van der Waals surface area contributed by atoms with Crippen LogP contribution in [0.4, 0.5) is 0 Å². The third-order valence-corrected chi connectivity index (χ3v) is 5.92. The van der Waals surface area contributed by atoms with Gasteiger partial charge in [-0.05, 0) is 38.5 Å². The fourth-order valence-corrected chi connectivity index (χ4v) is 3.84. The van der Waals surface area contributed by atoms with Crippen molar-refractivity contribution in [2.75, 3.05) is 18.8 Å². The number of nitrogens with one attached hydrogen (secondary N) is 1. The summed E-state index contributed by atoms with van der Waals surface area (Å²) >= 11 is 0. The van der Waals surface area contributed by atoms with Crippen LogP contribution in [0.2, 0.25) is 0 Å². The number of aromatic nitrogens is 1. The van der Waals surface area contributed by atoms with Crippen molar-refractivity contribution < 1.29 is 13.2 Å². The Balaban J connectivity index is 2.16. The number of amides is 1. The Morgan fingerprint density at radius 1 is 1.12 bits per heavy atom. The Hall–Kier alpha value is -2.41. The zero-order chi connectivity index (χ0) is 19.3. The van der Waals surface area contributed by atoms with Crippen molar-refractivity contribution in [2.24, 2.45) is 0 Å². The van der Waals surface area contributed by atoms with Gasteiger partial charge >= 0.3 is 0 Å². The monoisotopic (exact) mass is 376 g/mol. The van der Waals surface area contributed by atoms with Crippen LogP contribution in [0.15, 0.2) is 46.1 Å². The summed E-state index contributed by atoms with van der Waals surface area (Å²) in [4.78, 5) is 28.7. The van der Waals surface area contributed by atoms with E-state index in [0.717, 1.165) is 5.56 Å². The van der Waals surface area contributed by atoms with Gasteiger partial charge in [0.2, 0.25) is 5.56 Å². The molecule has 0 aliphatic carbocycles. The first kappa shape index (κ1) is 19.9. The minimum Gasteiger partial charge on any atom is -0.338 e. The van der Waals surface area contributed by atoms with E-state index in [1.54, 1.807) is 37.3 Å². The van der Waals surface area contributed by atoms with Crippen molar-refractivity contribution in [3.05, 3.63) is 63.6 Å². The molecule has 140 valence electrons. The van der Waals surface area contributed by atoms with E-state index >= 15 is 0 Å². The van der Waals surface area contributed by atoms with E-state index in [-0.39, 0.29) is 34.2 Å². The van der Waals surface area contributed by atoms with Gasteiger partial charge in [-0.3, -0.25) is 9.59 Å². The molecule has 0 atom stereocenters. The normalized spacial score (nSPS) is 11.3. The van der Waals surface area contributed by atoms with Crippen molar-refractivity contribution in [3.8, 4) is 0 Å². The molecule has 26 heavy (non-hydrogen) atoms. The number of hydrogen-bond acceptors (Lipinski definition) is 4. The molecule has 0 radical (unpaired) electrons. The third kappa shape index (κ3) is 4.82. The van der Waals surface area contributed by atoms with Gasteiger partial charge in [-0.1, -0.05) is 24.6 Å². The van der Waals surface area contributed by atoms with Gasteiger partial charge in [0, 0.05) is 30.4 Å². The minimum atomic E-state index is -3.48. The molecule has 0 bridgehead atoms. The van der Waals surface area contributed by atoms with Crippen LogP contribution in [0, 0.1) is 6.92 Å². The molecule has 1 heterocycles. The second-order valence-electron chi connectivity index (χ2n) is 6.13. The highest BCUT2D eigenvalue weighted by molar-refractivity contribution is 7.91. The van der Waals surface area contributed by atoms with E-state index in [0.29, 0.717) is 18.7 Å². The quantitative estimate of drug-likeness (QED) is 0.802. The number of H-pyrrole nitrogens is 1. The van der Waals surface area contributed by atoms with Crippen LogP contribution in [0.5, 0.6) is 0 Å². The summed E-state index contributed by atoms with van der Waals surface area (Å²) in [6.07, 6.45) is 0.601. The predicted molar refractivity (Wildman–Crippen MR) is 101 cm³/mol. The van der Waals surface area contributed by atoms with Gasteiger partial charge in [-0.15, -0.1) is 0 Å². The molecule has 0 saturated heterocycles. The van der Waals surface area contributed by atoms with Gasteiger partial charge < -0.3 is 9.88 Å². The molecule has 7 heteroatoms. The van der Waals surface area contributed by atoms with Crippen LogP contribution in [-0.2, 0) is 16.3 Å². The summed E-state index contributed by atoms with van der Waals surface area (Å²) in [6, 6.07) is 9.54. The summed E-state index contributed by atoms with van der Waals surface area (Å²) < 4.78 is 25.0. The van der Waals surface area contributed by atoms with Crippen molar-refractivity contribution in [1.82, 2.24) is 9.88 Å². The summed E-state index contributed by atoms with van der Waals surface area (Å²) in [5, 5.41) is 0. The molecule has 0 saturated carbocycles. The molecule has 6 nitrogen and oxygen atoms in total. The Morgan fingerprint density at radius 2 is 1.77 bits per heavy atom. The molecule has 1 N–H and O–H groups in total. The molecule has 2 rings (SSSR count). The highest BCUT2D eigenvalue weighted by atomic mass is 32.2. The smallest absolute Gasteiger partial charge is 0.254 e. The van der Waals surface area contributed by atoms with Crippen molar-refractivity contribution in [3.63, 3.8) is 0 Å². The average molecular weight is 376 g/mol. The number of rotatable bonds is 7. The topological polar surface area (TPSA) is 87.3 Å². The van der Waals surface area contributed by atoms with Crippen LogP contribution in [0.25, 0.3) is 0 Å². The highest BCUT2D eigenvalue weighted by Crippen LogP contribution is 2.13. The lowest BCUT2D eigenvalue weighted by molar-refractivity contribution is 0.0773. The number of pyridine rings is 1. The maximum atomic E-state index is 12.7. The van der Waals surface area contributed by atoms with E-state index in [1.807, 2.05) is 13.8 Å². The lowest BCUT2D eigenvalue weighted by atomic mass is 10.2. The maximum absolute atomic E-state index is 12.7. The van der Waals surface area contributed by atoms with Crippen LogP contribution in [0.3, 0.4) is 0 Å². The first-order chi connectivity index (χ1) is 12.3. The Morgan fingerprint density at radius 3 is 2.35 bits per heavy atom. The van der Waals surface area contributed by atoms with E-state index in [4.69, 9.17) is 0 Å². The number of nitrogens with zero attached hydrogens (tertiary/aromatic N) is 1. The number of aryl methyl sites for hydroxylation is 2. The molecular weight excluding hydrogens is 352 g/mol. The fraction of sp³-hybridized carbons (Fsp3) is 0.368. The SMILES string of the molecule is CCc1cc(C(=O)N(CC)CCS(=O)(=O)c2ccc(C)cc2)cc(=O)[nH]1. The van der Waals surface area contributed by atoms with E-state index in [2.05, 4.69) is 4.98 Å². The van der Waals surface area contributed by atoms with Crippen LogP contribution in [-0.4, -0.2) is 43.1 Å². The molecule has 0 aliphatic heterocycles. The lowest BCUT2D eigenvalue weighted by Crippen LogP contribution is -2.35. The van der Waals surface area contributed by atoms with E-state index in [9.17, 15) is 18.0 Å². The molecule has 1 aromatic carbocycles. The second-order valence-corrected chi connectivity index (χ2v) is 8.24. The Bertz CT molecular complexity index is 931. The zero-order valence-electron chi connectivity index (χ0n) is 15.3. The number of benzene rings is 1. The first-order valence-electron chi connectivity index (χ1n) is 8.58. The van der Waals surface area contributed by atoms with Gasteiger partial charge in [0.05, 0.1) is 10.6 Å². The van der Waals surface area contributed by atoms with Gasteiger partial charge in [0.15, 0.2) is 9.84 Å². The predicted octanol–water partition coefficient (Wildman–Crippen LogP) is 2.18. The van der Waals surface area contributed by atoms with E-state index < -0.39 is 9.84 Å². The first-order valence-corrected chi connectivity index (χ1v) is 10.2. The molecule has 1 aromatic heterocycles. The lowest BCUT2D eigenvalue weighted by Gasteiger charge is -2.21. The van der Waals surface area contributed by atoms with Crippen LogP contribution < -0.4 is 5.56 Å². The molecule has 1 amide bonds. The molecule has 0 unspecified atom stereocenters. The summed E-state index contributed by atoms with van der Waals surface area (Å²) in [5.74, 6) is -0.508. The van der Waals surface area contributed by atoms with Gasteiger partial charge in [-0.25, -0.2) is 8.42 Å². The number of carbonyl (C=O) groups is 1. The van der Waals surface area contributed by atoms with Crippen LogP contribution >= 0.6 is 0 Å². The average Bonchev–Trinajstić information content (AvgIpc) is 2.61. The fourth-order valence-electron chi connectivity index (χ4n) is 2.59. The van der Waals surface area contributed by atoms with Crippen LogP contribution in [0.1, 0.15) is 35.5 Å². The van der Waals surface area contributed by atoms with Crippen molar-refractivity contribution >= 4 is 15.7 Å².